The topological polar surface area (TPSA) is 80.8 Å². The van der Waals surface area contributed by atoms with Crippen molar-refractivity contribution in [3.63, 3.8) is 0 Å². The van der Waals surface area contributed by atoms with Crippen LogP contribution in [0, 0.1) is 0 Å². The molecule has 0 aliphatic carbocycles. The Hall–Kier alpha value is -3.42. The lowest BCUT2D eigenvalue weighted by Gasteiger charge is -2.32. The van der Waals surface area contributed by atoms with Crippen molar-refractivity contribution >= 4 is 39.1 Å². The Balaban J connectivity index is 1.88. The number of ether oxygens (including phenoxy) is 1. The fourth-order valence-electron chi connectivity index (χ4n) is 3.45. The van der Waals surface area contributed by atoms with E-state index in [0.717, 1.165) is 4.31 Å². The molecule has 0 unspecified atom stereocenters. The number of Topliss-reactive ketones (excluding diaryl/α,β-unsaturated/α-hetero) is 1. The molecule has 1 aliphatic rings. The summed E-state index contributed by atoms with van der Waals surface area (Å²) in [4.78, 5) is 25.5. The molecule has 3 aromatic carbocycles. The van der Waals surface area contributed by atoms with Crippen molar-refractivity contribution < 1.29 is 22.7 Å². The second-order valence-electron chi connectivity index (χ2n) is 7.12. The summed E-state index contributed by atoms with van der Waals surface area (Å²) in [5.41, 5.74) is 0.849. The number of rotatable bonds is 5. The first-order valence-corrected chi connectivity index (χ1v) is 11.5. The summed E-state index contributed by atoms with van der Waals surface area (Å²) in [5.74, 6) is -1.37. The third kappa shape index (κ3) is 4.04. The van der Waals surface area contributed by atoms with Crippen molar-refractivity contribution in [1.82, 2.24) is 4.31 Å². The predicted molar refractivity (Wildman–Crippen MR) is 120 cm³/mol. The van der Waals surface area contributed by atoms with Crippen LogP contribution in [0.5, 0.6) is 0 Å². The molecule has 162 valence electrons. The second kappa shape index (κ2) is 8.61. The molecule has 0 N–H and O–H groups in total. The van der Waals surface area contributed by atoms with Gasteiger partial charge in [0.05, 0.1) is 17.0 Å². The first kappa shape index (κ1) is 21.8. The molecule has 4 rings (SSSR count). The maximum atomic E-state index is 13.4. The van der Waals surface area contributed by atoms with Crippen molar-refractivity contribution in [1.29, 1.82) is 0 Å². The van der Waals surface area contributed by atoms with Crippen LogP contribution in [0.25, 0.3) is 5.76 Å². The van der Waals surface area contributed by atoms with Crippen molar-refractivity contribution in [2.45, 2.75) is 18.4 Å². The molecule has 8 heteroatoms. The van der Waals surface area contributed by atoms with E-state index in [9.17, 15) is 18.0 Å². The lowest BCUT2D eigenvalue weighted by Crippen LogP contribution is -2.37. The van der Waals surface area contributed by atoms with Gasteiger partial charge in [-0.15, -0.1) is 0 Å². The van der Waals surface area contributed by atoms with E-state index in [-0.39, 0.29) is 34.0 Å². The molecule has 0 fully saturated rings. The Labute approximate surface area is 190 Å². The molecule has 0 atom stereocenters. The standard InChI is InChI=1S/C24H18ClNO5S/c1-16(27)22-23(31-24(28)18-11-13-19(25)14-12-18)20-9-5-6-10-21(20)32(29,30)26(22)15-17-7-3-2-4-8-17/h2-14H,15H2,1H3. The molecule has 0 saturated carbocycles. The molecular weight excluding hydrogens is 450 g/mol. The number of fused-ring (bicyclic) bond motifs is 1. The zero-order valence-corrected chi connectivity index (χ0v) is 18.6. The lowest BCUT2D eigenvalue weighted by molar-refractivity contribution is -0.114. The van der Waals surface area contributed by atoms with Gasteiger partial charge in [0.15, 0.2) is 11.5 Å². The summed E-state index contributed by atoms with van der Waals surface area (Å²) >= 11 is 5.89. The van der Waals surface area contributed by atoms with Crippen molar-refractivity contribution in [3.8, 4) is 0 Å². The molecule has 0 radical (unpaired) electrons. The molecule has 0 bridgehead atoms. The van der Waals surface area contributed by atoms with Crippen LogP contribution in [0.15, 0.2) is 89.5 Å². The number of benzene rings is 3. The van der Waals surface area contributed by atoms with Crippen LogP contribution < -0.4 is 0 Å². The predicted octanol–water partition coefficient (Wildman–Crippen LogP) is 4.66. The Kier molecular flexibility index (Phi) is 5.86. The third-order valence-corrected chi connectivity index (χ3v) is 7.00. The van der Waals surface area contributed by atoms with E-state index in [4.69, 9.17) is 16.3 Å². The van der Waals surface area contributed by atoms with Gasteiger partial charge in [0.25, 0.3) is 10.0 Å². The highest BCUT2D eigenvalue weighted by Crippen LogP contribution is 2.39. The van der Waals surface area contributed by atoms with Gasteiger partial charge in [0, 0.05) is 17.5 Å². The molecule has 0 aromatic heterocycles. The summed E-state index contributed by atoms with van der Waals surface area (Å²) in [6.07, 6.45) is 0. The van der Waals surface area contributed by atoms with Crippen LogP contribution in [-0.2, 0) is 26.1 Å². The molecule has 6 nitrogen and oxygen atoms in total. The van der Waals surface area contributed by atoms with Crippen molar-refractivity contribution in [3.05, 3.63) is 106 Å². The minimum Gasteiger partial charge on any atom is -0.420 e. The maximum absolute atomic E-state index is 13.4. The average Bonchev–Trinajstić information content (AvgIpc) is 2.78. The Morgan fingerprint density at radius 3 is 2.19 bits per heavy atom. The van der Waals surface area contributed by atoms with Gasteiger partial charge in [0.1, 0.15) is 5.70 Å². The fraction of sp³-hybridized carbons (Fsp3) is 0.0833. The Morgan fingerprint density at radius 2 is 1.53 bits per heavy atom. The van der Waals surface area contributed by atoms with Crippen LogP contribution in [0.2, 0.25) is 5.02 Å². The van der Waals surface area contributed by atoms with E-state index in [2.05, 4.69) is 0 Å². The summed E-state index contributed by atoms with van der Waals surface area (Å²) in [6.45, 7) is 1.15. The quantitative estimate of drug-likeness (QED) is 0.510. The van der Waals surface area contributed by atoms with Crippen LogP contribution in [0.3, 0.4) is 0 Å². The molecule has 0 amide bonds. The number of sulfonamides is 1. The monoisotopic (exact) mass is 467 g/mol. The number of halogens is 1. The number of ketones is 1. The van der Waals surface area contributed by atoms with Gasteiger partial charge in [-0.2, -0.15) is 0 Å². The average molecular weight is 468 g/mol. The van der Waals surface area contributed by atoms with Gasteiger partial charge in [-0.25, -0.2) is 13.2 Å². The van der Waals surface area contributed by atoms with E-state index in [0.29, 0.717) is 10.6 Å². The van der Waals surface area contributed by atoms with Gasteiger partial charge < -0.3 is 4.74 Å². The van der Waals surface area contributed by atoms with Gasteiger partial charge in [0.2, 0.25) is 0 Å². The Morgan fingerprint density at radius 1 is 0.906 bits per heavy atom. The van der Waals surface area contributed by atoms with E-state index in [1.54, 1.807) is 48.5 Å². The van der Waals surface area contributed by atoms with Gasteiger partial charge >= 0.3 is 5.97 Å². The zero-order chi connectivity index (χ0) is 22.9. The number of hydrogen-bond donors (Lipinski definition) is 0. The molecule has 0 spiro atoms. The third-order valence-electron chi connectivity index (χ3n) is 4.94. The smallest absolute Gasteiger partial charge is 0.343 e. The SMILES string of the molecule is CC(=O)C1=C(OC(=O)c2ccc(Cl)cc2)c2ccccc2S(=O)(=O)N1Cc1ccccc1. The molecular formula is C24H18ClNO5S. The number of esters is 1. The molecule has 1 heterocycles. The number of hydrogen-bond acceptors (Lipinski definition) is 5. The fourth-order valence-corrected chi connectivity index (χ4v) is 5.27. The maximum Gasteiger partial charge on any atom is 0.343 e. The van der Waals surface area contributed by atoms with Gasteiger partial charge in [-0.1, -0.05) is 54.1 Å². The summed E-state index contributed by atoms with van der Waals surface area (Å²) in [6, 6.07) is 21.1. The number of carbonyl (C=O) groups excluding carboxylic acids is 2. The lowest BCUT2D eigenvalue weighted by atomic mass is 10.1. The normalized spacial score (nSPS) is 14.6. The van der Waals surface area contributed by atoms with Crippen LogP contribution in [-0.4, -0.2) is 24.5 Å². The van der Waals surface area contributed by atoms with Crippen LogP contribution in [0.4, 0.5) is 0 Å². The minimum atomic E-state index is -4.07. The van der Waals surface area contributed by atoms with Gasteiger partial charge in [-0.05, 0) is 42.0 Å². The number of carbonyl (C=O) groups is 2. The second-order valence-corrected chi connectivity index (χ2v) is 9.39. The Bertz CT molecular complexity index is 1330. The highest BCUT2D eigenvalue weighted by Gasteiger charge is 2.40. The zero-order valence-electron chi connectivity index (χ0n) is 17.0. The summed E-state index contributed by atoms with van der Waals surface area (Å²) < 4.78 is 33.5. The summed E-state index contributed by atoms with van der Waals surface area (Å²) in [5, 5.41) is 0.452. The van der Waals surface area contributed by atoms with Crippen LogP contribution >= 0.6 is 11.6 Å². The van der Waals surface area contributed by atoms with E-state index < -0.39 is 21.8 Å². The number of nitrogens with zero attached hydrogens (tertiary/aromatic N) is 1. The molecule has 0 saturated heterocycles. The van der Waals surface area contributed by atoms with Crippen molar-refractivity contribution in [2.24, 2.45) is 0 Å². The van der Waals surface area contributed by atoms with Gasteiger partial charge in [-0.3, -0.25) is 9.10 Å². The van der Waals surface area contributed by atoms with E-state index in [1.165, 1.54) is 31.2 Å². The molecule has 1 aliphatic heterocycles. The van der Waals surface area contributed by atoms with Crippen LogP contribution in [0.1, 0.15) is 28.4 Å². The first-order valence-electron chi connectivity index (χ1n) is 9.68. The highest BCUT2D eigenvalue weighted by atomic mass is 35.5. The van der Waals surface area contributed by atoms with E-state index >= 15 is 0 Å². The largest absolute Gasteiger partial charge is 0.420 e. The molecule has 32 heavy (non-hydrogen) atoms. The highest BCUT2D eigenvalue weighted by molar-refractivity contribution is 7.89. The molecule has 3 aromatic rings. The first-order chi connectivity index (χ1) is 15.3. The summed E-state index contributed by atoms with van der Waals surface area (Å²) in [7, 11) is -4.07. The van der Waals surface area contributed by atoms with Crippen molar-refractivity contribution in [2.75, 3.05) is 0 Å². The number of allylic oxidation sites excluding steroid dienone is 1. The van der Waals surface area contributed by atoms with E-state index in [1.807, 2.05) is 6.07 Å². The minimum absolute atomic E-state index is 0.0418.